The lowest BCUT2D eigenvalue weighted by atomic mass is 9.94. The van der Waals surface area contributed by atoms with Crippen LogP contribution in [0.25, 0.3) is 0 Å². The van der Waals surface area contributed by atoms with E-state index in [9.17, 15) is 4.79 Å². The van der Waals surface area contributed by atoms with E-state index < -0.39 is 0 Å². The summed E-state index contributed by atoms with van der Waals surface area (Å²) < 4.78 is 1.93. The molecule has 3 fully saturated rings. The van der Waals surface area contributed by atoms with Crippen molar-refractivity contribution < 1.29 is 4.79 Å². The first-order valence-electron chi connectivity index (χ1n) is 11.3. The van der Waals surface area contributed by atoms with Gasteiger partial charge in [0.15, 0.2) is 0 Å². The van der Waals surface area contributed by atoms with Crippen LogP contribution >= 0.6 is 0 Å². The van der Waals surface area contributed by atoms with Gasteiger partial charge in [-0.1, -0.05) is 31.2 Å². The molecule has 1 amide bonds. The van der Waals surface area contributed by atoms with Crippen molar-refractivity contribution in [3.63, 3.8) is 0 Å². The van der Waals surface area contributed by atoms with E-state index in [0.29, 0.717) is 18.0 Å². The van der Waals surface area contributed by atoms with Crippen LogP contribution in [-0.4, -0.2) is 57.2 Å². The second-order valence-electron chi connectivity index (χ2n) is 9.23. The maximum atomic E-state index is 13.4. The number of aryl methyl sites for hydroxylation is 2. The van der Waals surface area contributed by atoms with Gasteiger partial charge in [0.05, 0.1) is 11.3 Å². The molecule has 3 aliphatic heterocycles. The van der Waals surface area contributed by atoms with Crippen molar-refractivity contribution in [2.45, 2.75) is 64.6 Å². The molecule has 3 saturated heterocycles. The lowest BCUT2D eigenvalue weighted by molar-refractivity contribution is 0.0581. The molecule has 1 aromatic heterocycles. The number of nitrogens with zero attached hydrogens (tertiary/aromatic N) is 4. The van der Waals surface area contributed by atoms with Gasteiger partial charge in [0.2, 0.25) is 0 Å². The molecule has 29 heavy (non-hydrogen) atoms. The Bertz CT molecular complexity index is 879. The summed E-state index contributed by atoms with van der Waals surface area (Å²) in [6, 6.07) is 9.82. The van der Waals surface area contributed by atoms with Crippen LogP contribution in [0.15, 0.2) is 30.5 Å². The molecule has 1 aliphatic carbocycles. The number of carbonyl (C=O) groups is 1. The van der Waals surface area contributed by atoms with E-state index in [0.717, 1.165) is 63.1 Å². The highest BCUT2D eigenvalue weighted by molar-refractivity contribution is 5.95. The average Bonchev–Trinajstić information content (AvgIpc) is 3.19. The number of fused-ring (bicyclic) bond motifs is 5. The minimum Gasteiger partial charge on any atom is -0.334 e. The van der Waals surface area contributed by atoms with Crippen molar-refractivity contribution in [1.29, 1.82) is 0 Å². The molecule has 0 N–H and O–H groups in total. The minimum absolute atomic E-state index is 0.191. The number of hydrogen-bond acceptors (Lipinski definition) is 3. The maximum absolute atomic E-state index is 13.4. The Hall–Kier alpha value is -2.14. The highest BCUT2D eigenvalue weighted by Gasteiger charge is 2.40. The molecule has 2 aromatic rings. The first-order chi connectivity index (χ1) is 14.1. The van der Waals surface area contributed by atoms with E-state index >= 15 is 0 Å². The molecule has 2 bridgehead atoms. The molecule has 1 aromatic carbocycles. The number of carbonyl (C=O) groups excluding carboxylic acids is 1. The van der Waals surface area contributed by atoms with E-state index in [1.54, 1.807) is 0 Å². The van der Waals surface area contributed by atoms with E-state index in [1.165, 1.54) is 17.5 Å². The van der Waals surface area contributed by atoms with Gasteiger partial charge in [-0.25, -0.2) is 0 Å². The molecular formula is C24H32N4O. The Morgan fingerprint density at radius 3 is 2.55 bits per heavy atom. The zero-order valence-corrected chi connectivity index (χ0v) is 17.7. The van der Waals surface area contributed by atoms with Crippen LogP contribution in [0.4, 0.5) is 0 Å². The van der Waals surface area contributed by atoms with Crippen LogP contribution in [0.5, 0.6) is 0 Å². The van der Waals surface area contributed by atoms with Gasteiger partial charge in [0.25, 0.3) is 5.91 Å². The second kappa shape index (κ2) is 7.60. The van der Waals surface area contributed by atoms with E-state index in [1.807, 2.05) is 17.8 Å². The highest BCUT2D eigenvalue weighted by atomic mass is 16.2. The minimum atomic E-state index is 0.191. The Kier molecular flexibility index (Phi) is 4.94. The highest BCUT2D eigenvalue weighted by Crippen LogP contribution is 2.33. The van der Waals surface area contributed by atoms with E-state index in [4.69, 9.17) is 0 Å². The van der Waals surface area contributed by atoms with Gasteiger partial charge >= 0.3 is 0 Å². The molecular weight excluding hydrogens is 360 g/mol. The number of hydrogen-bond donors (Lipinski definition) is 0. The predicted molar refractivity (Wildman–Crippen MR) is 114 cm³/mol. The SMILES string of the molecule is CCCn1cc(C(=O)N2C[C@H]3CC[C@@H]2CN(C2Cc4ccccc4C2)C3)c(C)n1. The number of amides is 1. The van der Waals surface area contributed by atoms with Crippen molar-refractivity contribution in [1.82, 2.24) is 19.6 Å². The Morgan fingerprint density at radius 2 is 1.83 bits per heavy atom. The van der Waals surface area contributed by atoms with E-state index in [2.05, 4.69) is 46.1 Å². The van der Waals surface area contributed by atoms with Crippen LogP contribution in [0, 0.1) is 12.8 Å². The first kappa shape index (κ1) is 18.9. The Morgan fingerprint density at radius 1 is 1.07 bits per heavy atom. The van der Waals surface area contributed by atoms with Gasteiger partial charge in [-0.15, -0.1) is 0 Å². The van der Waals surface area contributed by atoms with Gasteiger partial charge in [-0.2, -0.15) is 5.10 Å². The summed E-state index contributed by atoms with van der Waals surface area (Å²) in [5, 5.41) is 4.56. The number of rotatable bonds is 4. The van der Waals surface area contributed by atoms with Crippen molar-refractivity contribution in [3.8, 4) is 0 Å². The van der Waals surface area contributed by atoms with Crippen LogP contribution in [0.3, 0.4) is 0 Å². The lowest BCUT2D eigenvalue weighted by Gasteiger charge is -2.36. The average molecular weight is 393 g/mol. The van der Waals surface area contributed by atoms with Crippen molar-refractivity contribution in [2.24, 2.45) is 5.92 Å². The zero-order chi connectivity index (χ0) is 20.0. The topological polar surface area (TPSA) is 41.4 Å². The standard InChI is InChI=1S/C24H32N4O/c1-3-10-27-16-23(17(2)25-27)24(29)28-14-18-8-9-21(28)15-26(13-18)22-11-19-6-4-5-7-20(19)12-22/h4-7,16,18,21-22H,3,8-15H2,1-2H3/t18-,21+/m0/s1. The quantitative estimate of drug-likeness (QED) is 0.802. The summed E-state index contributed by atoms with van der Waals surface area (Å²) in [6.45, 7) is 8.03. The van der Waals surface area contributed by atoms with Gasteiger partial charge < -0.3 is 4.90 Å². The molecule has 4 aliphatic rings. The summed E-state index contributed by atoms with van der Waals surface area (Å²) in [6.07, 6.45) is 7.69. The Labute approximate surface area is 173 Å². The van der Waals surface area contributed by atoms with Crippen molar-refractivity contribution in [3.05, 3.63) is 52.8 Å². The number of benzene rings is 1. The van der Waals surface area contributed by atoms with Gasteiger partial charge in [0.1, 0.15) is 0 Å². The smallest absolute Gasteiger partial charge is 0.257 e. The van der Waals surface area contributed by atoms with Gasteiger partial charge in [0, 0.05) is 44.5 Å². The summed E-state index contributed by atoms with van der Waals surface area (Å²) in [4.78, 5) is 18.3. The summed E-state index contributed by atoms with van der Waals surface area (Å²) in [5.41, 5.74) is 4.69. The van der Waals surface area contributed by atoms with Crippen LogP contribution in [0.2, 0.25) is 0 Å². The summed E-state index contributed by atoms with van der Waals surface area (Å²) in [7, 11) is 0. The molecule has 0 radical (unpaired) electrons. The fraction of sp³-hybridized carbons (Fsp3) is 0.583. The summed E-state index contributed by atoms with van der Waals surface area (Å²) >= 11 is 0. The molecule has 4 heterocycles. The third-order valence-electron chi connectivity index (χ3n) is 7.18. The lowest BCUT2D eigenvalue weighted by Crippen LogP contribution is -2.48. The van der Waals surface area contributed by atoms with Gasteiger partial charge in [-0.3, -0.25) is 14.4 Å². The van der Waals surface area contributed by atoms with Crippen LogP contribution < -0.4 is 0 Å². The van der Waals surface area contributed by atoms with E-state index in [-0.39, 0.29) is 5.91 Å². The molecule has 0 unspecified atom stereocenters. The predicted octanol–water partition coefficient (Wildman–Crippen LogP) is 3.31. The molecule has 6 rings (SSSR count). The fourth-order valence-electron chi connectivity index (χ4n) is 5.69. The molecule has 154 valence electrons. The third-order valence-corrected chi connectivity index (χ3v) is 7.18. The van der Waals surface area contributed by atoms with Crippen molar-refractivity contribution in [2.75, 3.05) is 19.6 Å². The largest absolute Gasteiger partial charge is 0.334 e. The molecule has 0 spiro atoms. The number of aromatic nitrogens is 2. The number of piperidine rings is 1. The second-order valence-corrected chi connectivity index (χ2v) is 9.23. The molecule has 5 nitrogen and oxygen atoms in total. The first-order valence-corrected chi connectivity index (χ1v) is 11.3. The van der Waals surface area contributed by atoms with Crippen molar-refractivity contribution >= 4 is 5.91 Å². The van der Waals surface area contributed by atoms with Gasteiger partial charge in [-0.05, 0) is 56.1 Å². The fourth-order valence-corrected chi connectivity index (χ4v) is 5.69. The monoisotopic (exact) mass is 392 g/mol. The van der Waals surface area contributed by atoms with Crippen LogP contribution in [-0.2, 0) is 19.4 Å². The van der Waals surface area contributed by atoms with Crippen LogP contribution in [0.1, 0.15) is 53.4 Å². The molecule has 2 atom stereocenters. The third kappa shape index (κ3) is 3.50. The summed E-state index contributed by atoms with van der Waals surface area (Å²) in [5.74, 6) is 0.781. The maximum Gasteiger partial charge on any atom is 0.257 e. The normalized spacial score (nSPS) is 24.7. The zero-order valence-electron chi connectivity index (χ0n) is 17.7. The Balaban J connectivity index is 1.33. The molecule has 0 saturated carbocycles. The molecule has 5 heteroatoms.